The molecule has 1 saturated heterocycles. The molecule has 1 aliphatic heterocycles. The Morgan fingerprint density at radius 2 is 1.86 bits per heavy atom. The van der Waals surface area contributed by atoms with Gasteiger partial charge in [0.1, 0.15) is 0 Å². The number of nitrogens with zero attached hydrogens (tertiary/aromatic N) is 2. The Labute approximate surface area is 129 Å². The van der Waals surface area contributed by atoms with E-state index in [-0.39, 0.29) is 19.0 Å². The minimum absolute atomic E-state index is 0.145. The van der Waals surface area contributed by atoms with E-state index in [0.29, 0.717) is 23.1 Å². The van der Waals surface area contributed by atoms with Gasteiger partial charge in [-0.05, 0) is 40.5 Å². The number of piperazine rings is 1. The molecule has 21 heavy (non-hydrogen) atoms. The third kappa shape index (κ3) is 4.44. The van der Waals surface area contributed by atoms with Crippen molar-refractivity contribution in [2.75, 3.05) is 32.7 Å². The number of amides is 1. The van der Waals surface area contributed by atoms with Gasteiger partial charge in [-0.3, -0.25) is 9.69 Å². The first-order valence-corrected chi connectivity index (χ1v) is 7.40. The van der Waals surface area contributed by atoms with Gasteiger partial charge in [-0.2, -0.15) is 13.2 Å². The quantitative estimate of drug-likeness (QED) is 0.804. The van der Waals surface area contributed by atoms with Gasteiger partial charge in [0.25, 0.3) is 5.91 Å². The molecule has 0 atom stereocenters. The average Bonchev–Trinajstić information content (AvgIpc) is 2.37. The van der Waals surface area contributed by atoms with Gasteiger partial charge in [0.15, 0.2) is 0 Å². The lowest BCUT2D eigenvalue weighted by Gasteiger charge is -2.35. The minimum atomic E-state index is -4.19. The van der Waals surface area contributed by atoms with Crippen LogP contribution in [0.15, 0.2) is 22.7 Å². The van der Waals surface area contributed by atoms with E-state index in [9.17, 15) is 18.0 Å². The summed E-state index contributed by atoms with van der Waals surface area (Å²) in [6.45, 7) is 2.13. The summed E-state index contributed by atoms with van der Waals surface area (Å²) < 4.78 is 37.7. The van der Waals surface area contributed by atoms with E-state index in [2.05, 4.69) is 15.9 Å². The van der Waals surface area contributed by atoms with Crippen LogP contribution in [0.1, 0.15) is 15.9 Å². The third-order valence-electron chi connectivity index (χ3n) is 3.42. The maximum Gasteiger partial charge on any atom is 0.401 e. The summed E-state index contributed by atoms with van der Waals surface area (Å²) in [5.74, 6) is -0.145. The zero-order valence-electron chi connectivity index (χ0n) is 11.6. The SMILES string of the molecule is Cc1ccc(C(=O)N2CCN(CC(F)(F)F)CC2)c(Br)c1. The molecule has 1 aromatic rings. The molecule has 116 valence electrons. The highest BCUT2D eigenvalue weighted by molar-refractivity contribution is 9.10. The second-order valence-electron chi connectivity index (χ2n) is 5.17. The van der Waals surface area contributed by atoms with Crippen LogP contribution < -0.4 is 0 Å². The number of alkyl halides is 3. The van der Waals surface area contributed by atoms with Crippen molar-refractivity contribution >= 4 is 21.8 Å². The van der Waals surface area contributed by atoms with Crippen molar-refractivity contribution in [1.82, 2.24) is 9.80 Å². The number of carbonyl (C=O) groups excluding carboxylic acids is 1. The lowest BCUT2D eigenvalue weighted by Crippen LogP contribution is -2.50. The average molecular weight is 365 g/mol. The van der Waals surface area contributed by atoms with Gasteiger partial charge in [-0.25, -0.2) is 0 Å². The molecule has 0 aliphatic carbocycles. The minimum Gasteiger partial charge on any atom is -0.336 e. The van der Waals surface area contributed by atoms with Crippen LogP contribution in [0.4, 0.5) is 13.2 Å². The Morgan fingerprint density at radius 1 is 1.24 bits per heavy atom. The van der Waals surface area contributed by atoms with E-state index in [1.165, 1.54) is 4.90 Å². The highest BCUT2D eigenvalue weighted by atomic mass is 79.9. The Kier molecular flexibility index (Phi) is 4.93. The molecule has 0 spiro atoms. The number of halogens is 4. The van der Waals surface area contributed by atoms with Crippen LogP contribution in [0, 0.1) is 6.92 Å². The van der Waals surface area contributed by atoms with Crippen molar-refractivity contribution < 1.29 is 18.0 Å². The first-order valence-electron chi connectivity index (χ1n) is 6.61. The number of aryl methyl sites for hydroxylation is 1. The molecule has 3 nitrogen and oxygen atoms in total. The van der Waals surface area contributed by atoms with E-state index in [1.54, 1.807) is 11.0 Å². The smallest absolute Gasteiger partial charge is 0.336 e. The zero-order valence-corrected chi connectivity index (χ0v) is 13.2. The summed E-state index contributed by atoms with van der Waals surface area (Å²) in [4.78, 5) is 15.3. The van der Waals surface area contributed by atoms with Crippen molar-refractivity contribution in [3.63, 3.8) is 0 Å². The molecule has 2 rings (SSSR count). The highest BCUT2D eigenvalue weighted by Crippen LogP contribution is 2.22. The number of benzene rings is 1. The highest BCUT2D eigenvalue weighted by Gasteiger charge is 2.33. The van der Waals surface area contributed by atoms with Crippen molar-refractivity contribution in [3.8, 4) is 0 Å². The second-order valence-corrected chi connectivity index (χ2v) is 6.02. The van der Waals surface area contributed by atoms with Crippen LogP contribution in [0.2, 0.25) is 0 Å². The van der Waals surface area contributed by atoms with E-state index < -0.39 is 12.7 Å². The van der Waals surface area contributed by atoms with E-state index in [0.717, 1.165) is 5.56 Å². The molecule has 1 aliphatic rings. The summed E-state index contributed by atoms with van der Waals surface area (Å²) in [6.07, 6.45) is -4.19. The van der Waals surface area contributed by atoms with Gasteiger partial charge in [-0.15, -0.1) is 0 Å². The monoisotopic (exact) mass is 364 g/mol. The molecular formula is C14H16BrF3N2O. The van der Waals surface area contributed by atoms with Crippen LogP contribution in [0.5, 0.6) is 0 Å². The van der Waals surface area contributed by atoms with Crippen molar-refractivity contribution in [2.45, 2.75) is 13.1 Å². The largest absolute Gasteiger partial charge is 0.401 e. The van der Waals surface area contributed by atoms with Gasteiger partial charge >= 0.3 is 6.18 Å². The van der Waals surface area contributed by atoms with E-state index >= 15 is 0 Å². The number of rotatable bonds is 2. The lowest BCUT2D eigenvalue weighted by molar-refractivity contribution is -0.148. The van der Waals surface area contributed by atoms with Crippen LogP contribution in [0.25, 0.3) is 0 Å². The molecule has 1 aromatic carbocycles. The molecule has 0 unspecified atom stereocenters. The van der Waals surface area contributed by atoms with Crippen molar-refractivity contribution in [1.29, 1.82) is 0 Å². The van der Waals surface area contributed by atoms with Gasteiger partial charge in [0.05, 0.1) is 12.1 Å². The predicted molar refractivity (Wildman–Crippen MR) is 77.3 cm³/mol. The molecule has 1 fully saturated rings. The van der Waals surface area contributed by atoms with Gasteiger partial charge < -0.3 is 4.90 Å². The van der Waals surface area contributed by atoms with Crippen LogP contribution in [0.3, 0.4) is 0 Å². The van der Waals surface area contributed by atoms with Crippen LogP contribution in [-0.4, -0.2) is 54.6 Å². The topological polar surface area (TPSA) is 23.6 Å². The molecule has 0 saturated carbocycles. The molecule has 0 aromatic heterocycles. The zero-order chi connectivity index (χ0) is 15.6. The fraction of sp³-hybridized carbons (Fsp3) is 0.500. The normalized spacial score (nSPS) is 17.1. The molecule has 0 bridgehead atoms. The van der Waals surface area contributed by atoms with E-state index in [1.807, 2.05) is 19.1 Å². The van der Waals surface area contributed by atoms with Gasteiger partial charge in [-0.1, -0.05) is 6.07 Å². The predicted octanol–water partition coefficient (Wildman–Crippen LogP) is 3.08. The third-order valence-corrected chi connectivity index (χ3v) is 4.07. The first kappa shape index (κ1) is 16.3. The molecule has 1 heterocycles. The summed E-state index contributed by atoms with van der Waals surface area (Å²) in [5.41, 5.74) is 1.58. The Bertz CT molecular complexity index is 525. The van der Waals surface area contributed by atoms with E-state index in [4.69, 9.17) is 0 Å². The number of hydrogen-bond acceptors (Lipinski definition) is 2. The van der Waals surface area contributed by atoms with Crippen LogP contribution >= 0.6 is 15.9 Å². The number of carbonyl (C=O) groups is 1. The molecular weight excluding hydrogens is 349 g/mol. The fourth-order valence-corrected chi connectivity index (χ4v) is 2.99. The summed E-state index contributed by atoms with van der Waals surface area (Å²) in [6, 6.07) is 5.44. The molecule has 1 amide bonds. The van der Waals surface area contributed by atoms with Gasteiger partial charge in [0.2, 0.25) is 0 Å². The summed E-state index contributed by atoms with van der Waals surface area (Å²) in [5, 5.41) is 0. The van der Waals surface area contributed by atoms with Gasteiger partial charge in [0, 0.05) is 30.7 Å². The summed E-state index contributed by atoms with van der Waals surface area (Å²) >= 11 is 3.36. The van der Waals surface area contributed by atoms with Crippen molar-refractivity contribution in [3.05, 3.63) is 33.8 Å². The Morgan fingerprint density at radius 3 is 2.38 bits per heavy atom. The molecule has 0 radical (unpaired) electrons. The molecule has 7 heteroatoms. The standard InChI is InChI=1S/C14H16BrF3N2O/c1-10-2-3-11(12(15)8-10)13(21)20-6-4-19(5-7-20)9-14(16,17)18/h2-3,8H,4-7,9H2,1H3. The summed E-state index contributed by atoms with van der Waals surface area (Å²) in [7, 11) is 0. The molecule has 0 N–H and O–H groups in total. The number of hydrogen-bond donors (Lipinski definition) is 0. The van der Waals surface area contributed by atoms with Crippen molar-refractivity contribution in [2.24, 2.45) is 0 Å². The maximum atomic E-state index is 12.4. The maximum absolute atomic E-state index is 12.4. The second kappa shape index (κ2) is 6.36. The lowest BCUT2D eigenvalue weighted by atomic mass is 10.1. The fourth-order valence-electron chi connectivity index (χ4n) is 2.33. The Hall–Kier alpha value is -1.08. The first-order chi connectivity index (χ1) is 9.76. The Balaban J connectivity index is 1.97. The van der Waals surface area contributed by atoms with Crippen LogP contribution in [-0.2, 0) is 0 Å².